The predicted octanol–water partition coefficient (Wildman–Crippen LogP) is 1.89. The van der Waals surface area contributed by atoms with Crippen LogP contribution in [0.4, 0.5) is 0 Å². The van der Waals surface area contributed by atoms with Crippen LogP contribution in [0.25, 0.3) is 0 Å². The number of thioether (sulfide) groups is 1. The third-order valence-corrected chi connectivity index (χ3v) is 5.04. The van der Waals surface area contributed by atoms with Crippen molar-refractivity contribution in [3.63, 3.8) is 0 Å². The van der Waals surface area contributed by atoms with Crippen molar-refractivity contribution in [1.29, 1.82) is 0 Å². The second kappa shape index (κ2) is 5.63. The van der Waals surface area contributed by atoms with Gasteiger partial charge >= 0.3 is 0 Å². The highest BCUT2D eigenvalue weighted by molar-refractivity contribution is 8.00. The summed E-state index contributed by atoms with van der Waals surface area (Å²) < 4.78 is 7.62. The first-order chi connectivity index (χ1) is 8.49. The maximum atomic E-state index is 5.94. The summed E-state index contributed by atoms with van der Waals surface area (Å²) in [6.07, 6.45) is 2.34. The molecule has 0 radical (unpaired) electrons. The van der Waals surface area contributed by atoms with Gasteiger partial charge in [0, 0.05) is 30.5 Å². The maximum Gasteiger partial charge on any atom is 0.0975 e. The molecule has 2 rings (SSSR count). The van der Waals surface area contributed by atoms with E-state index < -0.39 is 0 Å². The van der Waals surface area contributed by atoms with E-state index in [1.807, 2.05) is 30.4 Å². The molecule has 3 atom stereocenters. The summed E-state index contributed by atoms with van der Waals surface area (Å²) in [6, 6.07) is 0.171. The van der Waals surface area contributed by atoms with Gasteiger partial charge in [0.15, 0.2) is 0 Å². The molecule has 1 fully saturated rings. The molecule has 1 aliphatic heterocycles. The van der Waals surface area contributed by atoms with Crippen molar-refractivity contribution in [2.75, 3.05) is 6.61 Å². The van der Waals surface area contributed by atoms with Crippen LogP contribution in [0.3, 0.4) is 0 Å². The first-order valence-electron chi connectivity index (χ1n) is 6.55. The van der Waals surface area contributed by atoms with E-state index in [-0.39, 0.29) is 6.04 Å². The molecular formula is C13H23N3OS. The third kappa shape index (κ3) is 2.90. The summed E-state index contributed by atoms with van der Waals surface area (Å²) in [7, 11) is 2.01. The van der Waals surface area contributed by atoms with Crippen molar-refractivity contribution in [2.24, 2.45) is 12.8 Å². The number of aromatic nitrogens is 2. The molecule has 0 aromatic carbocycles. The van der Waals surface area contributed by atoms with E-state index >= 15 is 0 Å². The first-order valence-corrected chi connectivity index (χ1v) is 7.43. The minimum absolute atomic E-state index is 0.171. The summed E-state index contributed by atoms with van der Waals surface area (Å²) in [5, 5.41) is 6.32. The molecule has 0 saturated carbocycles. The van der Waals surface area contributed by atoms with Crippen LogP contribution in [0.2, 0.25) is 0 Å². The predicted molar refractivity (Wildman–Crippen MR) is 75.0 cm³/mol. The van der Waals surface area contributed by atoms with Gasteiger partial charge in [-0.15, -0.1) is 11.8 Å². The fraction of sp³-hybridized carbons (Fsp3) is 0.769. The molecule has 1 aromatic heterocycles. The highest BCUT2D eigenvalue weighted by atomic mass is 32.2. The summed E-state index contributed by atoms with van der Waals surface area (Å²) in [6.45, 7) is 7.13. The molecular weight excluding hydrogens is 246 g/mol. The largest absolute Gasteiger partial charge is 0.377 e. The van der Waals surface area contributed by atoms with Crippen molar-refractivity contribution >= 4 is 11.8 Å². The van der Waals surface area contributed by atoms with Gasteiger partial charge in [0.25, 0.3) is 0 Å². The molecule has 1 saturated heterocycles. The first kappa shape index (κ1) is 13.9. The summed E-state index contributed by atoms with van der Waals surface area (Å²) in [4.78, 5) is 0. The summed E-state index contributed by atoms with van der Waals surface area (Å²) >= 11 is 1.90. The van der Waals surface area contributed by atoms with Gasteiger partial charge in [0.2, 0.25) is 0 Å². The van der Waals surface area contributed by atoms with E-state index in [9.17, 15) is 0 Å². The zero-order valence-corrected chi connectivity index (χ0v) is 12.5. The van der Waals surface area contributed by atoms with E-state index in [0.717, 1.165) is 25.1 Å². The molecule has 0 amide bonds. The number of ether oxygens (including phenoxy) is 1. The molecule has 0 bridgehead atoms. The van der Waals surface area contributed by atoms with Gasteiger partial charge in [0.05, 0.1) is 16.8 Å². The van der Waals surface area contributed by atoms with E-state index in [0.29, 0.717) is 11.4 Å². The fourth-order valence-corrected chi connectivity index (χ4v) is 3.73. The number of nitrogens with zero attached hydrogens (tertiary/aromatic N) is 2. The topological polar surface area (TPSA) is 53.1 Å². The lowest BCUT2D eigenvalue weighted by atomic mass is 10.1. The molecule has 5 heteroatoms. The Morgan fingerprint density at radius 3 is 2.89 bits per heavy atom. The van der Waals surface area contributed by atoms with E-state index in [1.165, 1.54) is 10.6 Å². The van der Waals surface area contributed by atoms with Crippen molar-refractivity contribution in [2.45, 2.75) is 56.0 Å². The Labute approximate surface area is 113 Å². The lowest BCUT2D eigenvalue weighted by Gasteiger charge is -2.15. The SMILES string of the molecule is Cc1nn(C)c(SC2CCOC2C)c1CC(C)N. The highest BCUT2D eigenvalue weighted by Crippen LogP contribution is 2.35. The van der Waals surface area contributed by atoms with Crippen molar-refractivity contribution < 1.29 is 4.74 Å². The Morgan fingerprint density at radius 1 is 1.61 bits per heavy atom. The minimum Gasteiger partial charge on any atom is -0.377 e. The van der Waals surface area contributed by atoms with Crippen LogP contribution in [0.1, 0.15) is 31.5 Å². The van der Waals surface area contributed by atoms with Crippen LogP contribution >= 0.6 is 11.8 Å². The van der Waals surface area contributed by atoms with Crippen LogP contribution < -0.4 is 5.73 Å². The number of aryl methyl sites for hydroxylation is 2. The van der Waals surface area contributed by atoms with Gasteiger partial charge in [-0.3, -0.25) is 4.68 Å². The zero-order chi connectivity index (χ0) is 13.3. The van der Waals surface area contributed by atoms with Crippen molar-refractivity contribution in [3.8, 4) is 0 Å². The fourth-order valence-electron chi connectivity index (χ4n) is 2.40. The molecule has 2 heterocycles. The summed E-state index contributed by atoms with van der Waals surface area (Å²) in [5.41, 5.74) is 8.34. The smallest absolute Gasteiger partial charge is 0.0975 e. The molecule has 18 heavy (non-hydrogen) atoms. The molecule has 1 aliphatic rings. The molecule has 4 nitrogen and oxygen atoms in total. The molecule has 1 aromatic rings. The number of hydrogen-bond acceptors (Lipinski definition) is 4. The van der Waals surface area contributed by atoms with Crippen LogP contribution in [-0.2, 0) is 18.2 Å². The zero-order valence-electron chi connectivity index (χ0n) is 11.6. The van der Waals surface area contributed by atoms with E-state index in [1.54, 1.807) is 0 Å². The average molecular weight is 269 g/mol. The van der Waals surface area contributed by atoms with Crippen molar-refractivity contribution in [3.05, 3.63) is 11.3 Å². The van der Waals surface area contributed by atoms with E-state index in [2.05, 4.69) is 18.9 Å². The van der Waals surface area contributed by atoms with Gasteiger partial charge in [-0.05, 0) is 33.6 Å². The number of rotatable bonds is 4. The van der Waals surface area contributed by atoms with Gasteiger partial charge in [-0.25, -0.2) is 0 Å². The lowest BCUT2D eigenvalue weighted by molar-refractivity contribution is 0.127. The second-order valence-corrected chi connectivity index (χ2v) is 6.42. The Kier molecular flexibility index (Phi) is 4.35. The van der Waals surface area contributed by atoms with Crippen LogP contribution in [0.5, 0.6) is 0 Å². The molecule has 3 unspecified atom stereocenters. The Balaban J connectivity index is 2.20. The molecule has 0 aliphatic carbocycles. The second-order valence-electron chi connectivity index (χ2n) is 5.20. The molecule has 0 spiro atoms. The van der Waals surface area contributed by atoms with Crippen LogP contribution in [0.15, 0.2) is 5.03 Å². The Bertz CT molecular complexity index is 417. The standard InChI is InChI=1S/C13H23N3OS/c1-8(14)7-11-9(2)15-16(4)13(11)18-12-5-6-17-10(12)3/h8,10,12H,5-7,14H2,1-4H3. The van der Waals surface area contributed by atoms with Gasteiger partial charge in [-0.2, -0.15) is 5.10 Å². The van der Waals surface area contributed by atoms with Crippen LogP contribution in [-0.4, -0.2) is 33.8 Å². The van der Waals surface area contributed by atoms with Crippen LogP contribution in [0, 0.1) is 6.92 Å². The Morgan fingerprint density at radius 2 is 2.33 bits per heavy atom. The van der Waals surface area contributed by atoms with E-state index in [4.69, 9.17) is 10.5 Å². The van der Waals surface area contributed by atoms with Gasteiger partial charge in [-0.1, -0.05) is 0 Å². The maximum absolute atomic E-state index is 5.94. The lowest BCUT2D eigenvalue weighted by Crippen LogP contribution is -2.19. The van der Waals surface area contributed by atoms with Gasteiger partial charge < -0.3 is 10.5 Å². The van der Waals surface area contributed by atoms with Crippen molar-refractivity contribution in [1.82, 2.24) is 9.78 Å². The number of nitrogens with two attached hydrogens (primary N) is 1. The Hall–Kier alpha value is -0.520. The quantitative estimate of drug-likeness (QED) is 0.907. The number of hydrogen-bond donors (Lipinski definition) is 1. The highest BCUT2D eigenvalue weighted by Gasteiger charge is 2.28. The minimum atomic E-state index is 0.171. The molecule has 102 valence electrons. The normalized spacial score (nSPS) is 25.6. The van der Waals surface area contributed by atoms with Gasteiger partial charge in [0.1, 0.15) is 0 Å². The average Bonchev–Trinajstić information content (AvgIpc) is 2.77. The third-order valence-electron chi connectivity index (χ3n) is 3.38. The monoisotopic (exact) mass is 269 g/mol. The molecule has 2 N–H and O–H groups in total. The summed E-state index contributed by atoms with van der Waals surface area (Å²) in [5.74, 6) is 0.